The number of aliphatic carboxylic acids is 1. The largest absolute Gasteiger partial charge is 0.480 e. The van der Waals surface area contributed by atoms with Gasteiger partial charge in [0.1, 0.15) is 16.5 Å². The van der Waals surface area contributed by atoms with Crippen molar-refractivity contribution in [3.8, 4) is 6.07 Å². The van der Waals surface area contributed by atoms with Crippen LogP contribution in [0.25, 0.3) is 0 Å². The fourth-order valence-electron chi connectivity index (χ4n) is 1.57. The third-order valence-corrected chi connectivity index (χ3v) is 5.34. The van der Waals surface area contributed by atoms with Crippen molar-refractivity contribution in [3.05, 3.63) is 19.8 Å². The average molecular weight is 329 g/mol. The number of carboxylic acids is 1. The van der Waals surface area contributed by atoms with Crippen LogP contribution in [-0.4, -0.2) is 22.5 Å². The molecule has 7 heteroatoms. The second-order valence-corrected chi connectivity index (χ2v) is 5.97. The number of rotatable bonds is 3. The molecular formula is C11H9BrN2O3S. The van der Waals surface area contributed by atoms with Crippen LogP contribution in [0, 0.1) is 18.3 Å². The molecule has 0 saturated heterocycles. The van der Waals surface area contributed by atoms with Gasteiger partial charge in [-0.1, -0.05) is 0 Å². The van der Waals surface area contributed by atoms with Gasteiger partial charge in [-0.25, -0.2) is 4.79 Å². The molecule has 18 heavy (non-hydrogen) atoms. The third-order valence-electron chi connectivity index (χ3n) is 2.89. The number of carbonyl (C=O) groups is 2. The molecule has 2 rings (SSSR count). The van der Waals surface area contributed by atoms with Crippen molar-refractivity contribution in [2.75, 3.05) is 0 Å². The molecule has 1 saturated carbocycles. The predicted molar refractivity (Wildman–Crippen MR) is 68.5 cm³/mol. The lowest BCUT2D eigenvalue weighted by molar-refractivity contribution is -0.140. The van der Waals surface area contributed by atoms with Gasteiger partial charge in [-0.2, -0.15) is 5.26 Å². The van der Waals surface area contributed by atoms with Crippen molar-refractivity contribution in [2.24, 2.45) is 0 Å². The van der Waals surface area contributed by atoms with Gasteiger partial charge in [0.2, 0.25) is 0 Å². The summed E-state index contributed by atoms with van der Waals surface area (Å²) in [4.78, 5) is 23.8. The normalized spacial score (nSPS) is 15.8. The summed E-state index contributed by atoms with van der Waals surface area (Å²) < 4.78 is 0.598. The van der Waals surface area contributed by atoms with Gasteiger partial charge < -0.3 is 10.4 Å². The summed E-state index contributed by atoms with van der Waals surface area (Å²) in [6, 6.07) is 1.99. The SMILES string of the molecule is Cc1c(C(=O)NC2(C(=O)O)CC2)sc(C#N)c1Br. The van der Waals surface area contributed by atoms with Gasteiger partial charge in [-0.05, 0) is 41.3 Å². The van der Waals surface area contributed by atoms with Crippen LogP contribution in [0.2, 0.25) is 0 Å². The Morgan fingerprint density at radius 1 is 1.56 bits per heavy atom. The van der Waals surface area contributed by atoms with Crippen molar-refractivity contribution in [2.45, 2.75) is 25.3 Å². The highest BCUT2D eigenvalue weighted by Crippen LogP contribution is 2.37. The van der Waals surface area contributed by atoms with Gasteiger partial charge in [-0.3, -0.25) is 4.79 Å². The van der Waals surface area contributed by atoms with Crippen molar-refractivity contribution in [3.63, 3.8) is 0 Å². The maximum absolute atomic E-state index is 12.0. The Hall–Kier alpha value is -1.39. The minimum absolute atomic E-state index is 0.381. The molecule has 2 N–H and O–H groups in total. The predicted octanol–water partition coefficient (Wildman–Crippen LogP) is 2.04. The van der Waals surface area contributed by atoms with E-state index in [-0.39, 0.29) is 0 Å². The van der Waals surface area contributed by atoms with Gasteiger partial charge in [0.05, 0.1) is 4.88 Å². The fraction of sp³-hybridized carbons (Fsp3) is 0.364. The molecule has 94 valence electrons. The molecule has 1 aliphatic rings. The second-order valence-electron chi connectivity index (χ2n) is 4.15. The van der Waals surface area contributed by atoms with E-state index in [4.69, 9.17) is 10.4 Å². The number of carbonyl (C=O) groups excluding carboxylic acids is 1. The topological polar surface area (TPSA) is 90.2 Å². The van der Waals surface area contributed by atoms with Gasteiger partial charge in [0.15, 0.2) is 0 Å². The lowest BCUT2D eigenvalue weighted by Gasteiger charge is -2.11. The van der Waals surface area contributed by atoms with E-state index in [1.165, 1.54) is 0 Å². The van der Waals surface area contributed by atoms with Crippen LogP contribution in [0.4, 0.5) is 0 Å². The Morgan fingerprint density at radius 2 is 2.17 bits per heavy atom. The smallest absolute Gasteiger partial charge is 0.329 e. The second kappa shape index (κ2) is 4.37. The summed E-state index contributed by atoms with van der Waals surface area (Å²) in [5.74, 6) is -1.44. The van der Waals surface area contributed by atoms with Gasteiger partial charge in [-0.15, -0.1) is 11.3 Å². The highest BCUT2D eigenvalue weighted by molar-refractivity contribution is 9.10. The van der Waals surface area contributed by atoms with Crippen LogP contribution in [0.15, 0.2) is 4.47 Å². The maximum Gasteiger partial charge on any atom is 0.329 e. The molecule has 0 bridgehead atoms. The number of amides is 1. The molecule has 1 aliphatic carbocycles. The lowest BCUT2D eigenvalue weighted by Crippen LogP contribution is -2.42. The first-order valence-electron chi connectivity index (χ1n) is 5.16. The zero-order valence-corrected chi connectivity index (χ0v) is 11.8. The molecule has 0 unspecified atom stereocenters. The number of nitrogens with one attached hydrogen (secondary N) is 1. The maximum atomic E-state index is 12.0. The Bertz CT molecular complexity index is 584. The Balaban J connectivity index is 2.26. The summed E-state index contributed by atoms with van der Waals surface area (Å²) in [7, 11) is 0. The Labute approximate surface area is 116 Å². The molecule has 1 fully saturated rings. The van der Waals surface area contributed by atoms with E-state index in [0.29, 0.717) is 32.6 Å². The van der Waals surface area contributed by atoms with E-state index in [1.54, 1.807) is 6.92 Å². The van der Waals surface area contributed by atoms with Crippen LogP contribution in [0.1, 0.15) is 33.0 Å². The van der Waals surface area contributed by atoms with Gasteiger partial charge in [0.25, 0.3) is 5.91 Å². The molecule has 0 spiro atoms. The van der Waals surface area contributed by atoms with Crippen LogP contribution in [-0.2, 0) is 4.79 Å². The molecule has 1 amide bonds. The molecule has 1 heterocycles. The summed E-state index contributed by atoms with van der Waals surface area (Å²) in [6.45, 7) is 1.72. The summed E-state index contributed by atoms with van der Waals surface area (Å²) in [5, 5.41) is 20.4. The molecular weight excluding hydrogens is 320 g/mol. The summed E-state index contributed by atoms with van der Waals surface area (Å²) >= 11 is 4.31. The highest BCUT2D eigenvalue weighted by Gasteiger charge is 2.52. The van der Waals surface area contributed by atoms with Crippen LogP contribution in [0.3, 0.4) is 0 Å². The Morgan fingerprint density at radius 3 is 2.56 bits per heavy atom. The average Bonchev–Trinajstić information content (AvgIpc) is 3.04. The molecule has 1 aromatic heterocycles. The standard InChI is InChI=1S/C11H9BrN2O3S/c1-5-7(12)6(4-13)18-8(5)9(15)14-11(2-3-11)10(16)17/h2-3H2,1H3,(H,14,15)(H,16,17). The number of hydrogen-bond donors (Lipinski definition) is 2. The number of halogens is 1. The van der Waals surface area contributed by atoms with Gasteiger partial charge in [0, 0.05) is 4.47 Å². The first kappa shape index (κ1) is 13.1. The molecule has 0 radical (unpaired) electrons. The van der Waals surface area contributed by atoms with E-state index >= 15 is 0 Å². The van der Waals surface area contributed by atoms with Gasteiger partial charge >= 0.3 is 5.97 Å². The zero-order valence-electron chi connectivity index (χ0n) is 9.41. The number of thiophene rings is 1. The first-order chi connectivity index (χ1) is 8.41. The first-order valence-corrected chi connectivity index (χ1v) is 6.77. The summed E-state index contributed by atoms with van der Waals surface area (Å²) in [6.07, 6.45) is 0.898. The molecule has 5 nitrogen and oxygen atoms in total. The van der Waals surface area contributed by atoms with Crippen molar-refractivity contribution < 1.29 is 14.7 Å². The van der Waals surface area contributed by atoms with Crippen molar-refractivity contribution >= 4 is 39.1 Å². The number of carboxylic acid groups (broad SMARTS) is 1. The third kappa shape index (κ3) is 2.02. The molecule has 0 aromatic carbocycles. The van der Waals surface area contributed by atoms with Crippen LogP contribution in [0.5, 0.6) is 0 Å². The minimum Gasteiger partial charge on any atom is -0.480 e. The van der Waals surface area contributed by atoms with E-state index in [9.17, 15) is 9.59 Å². The monoisotopic (exact) mass is 328 g/mol. The Kier molecular flexibility index (Phi) is 3.17. The number of hydrogen-bond acceptors (Lipinski definition) is 4. The summed E-state index contributed by atoms with van der Waals surface area (Å²) in [5.41, 5.74) is -0.442. The van der Waals surface area contributed by atoms with E-state index in [1.807, 2.05) is 6.07 Å². The molecule has 0 aliphatic heterocycles. The minimum atomic E-state index is -1.10. The zero-order chi connectivity index (χ0) is 13.5. The van der Waals surface area contributed by atoms with Crippen LogP contribution < -0.4 is 5.32 Å². The van der Waals surface area contributed by atoms with Crippen LogP contribution >= 0.6 is 27.3 Å². The number of nitrogens with zero attached hydrogens (tertiary/aromatic N) is 1. The molecule has 1 aromatic rings. The lowest BCUT2D eigenvalue weighted by atomic mass is 10.2. The van der Waals surface area contributed by atoms with E-state index in [0.717, 1.165) is 11.3 Å². The number of nitriles is 1. The van der Waals surface area contributed by atoms with Crippen molar-refractivity contribution in [1.29, 1.82) is 5.26 Å². The van der Waals surface area contributed by atoms with Crippen molar-refractivity contribution in [1.82, 2.24) is 5.32 Å². The quantitative estimate of drug-likeness (QED) is 0.888. The van der Waals surface area contributed by atoms with E-state index < -0.39 is 17.4 Å². The highest BCUT2D eigenvalue weighted by atomic mass is 79.9. The van der Waals surface area contributed by atoms with E-state index in [2.05, 4.69) is 21.2 Å². The molecule has 0 atom stereocenters. The fourth-order valence-corrected chi connectivity index (χ4v) is 3.13.